The van der Waals surface area contributed by atoms with E-state index in [1.807, 2.05) is 20.8 Å². The maximum atomic E-state index is 13.0. The summed E-state index contributed by atoms with van der Waals surface area (Å²) in [4.78, 5) is 27.1. The molecule has 1 amide bonds. The molecular formula is C23H29NO4. The Kier molecular flexibility index (Phi) is 7.21. The molecule has 2 rings (SSSR count). The normalized spacial score (nSPS) is 11.6. The highest BCUT2D eigenvalue weighted by Gasteiger charge is 2.30. The van der Waals surface area contributed by atoms with Crippen LogP contribution in [0, 0.1) is 20.8 Å². The quantitative estimate of drug-likeness (QED) is 0.680. The van der Waals surface area contributed by atoms with Crippen molar-refractivity contribution < 1.29 is 19.1 Å². The van der Waals surface area contributed by atoms with Gasteiger partial charge in [0.2, 0.25) is 5.91 Å². The predicted molar refractivity (Wildman–Crippen MR) is 109 cm³/mol. The molecule has 5 heteroatoms. The van der Waals surface area contributed by atoms with E-state index in [1.165, 1.54) is 10.5 Å². The van der Waals surface area contributed by atoms with Gasteiger partial charge in [0.15, 0.2) is 6.04 Å². The summed E-state index contributed by atoms with van der Waals surface area (Å²) in [6.07, 6.45) is 0.237. The Labute approximate surface area is 167 Å². The molecule has 28 heavy (non-hydrogen) atoms. The first kappa shape index (κ1) is 21.5. The van der Waals surface area contributed by atoms with E-state index in [0.717, 1.165) is 16.7 Å². The molecule has 0 spiro atoms. The minimum Gasteiger partial charge on any atom is -0.497 e. The number of aryl methyl sites for hydroxylation is 3. The number of benzene rings is 2. The molecular weight excluding hydrogens is 354 g/mol. The first-order valence-electron chi connectivity index (χ1n) is 9.41. The highest BCUT2D eigenvalue weighted by atomic mass is 16.5. The lowest BCUT2D eigenvalue weighted by Crippen LogP contribution is -2.38. The molecule has 1 atom stereocenters. The Morgan fingerprint density at radius 3 is 2.11 bits per heavy atom. The van der Waals surface area contributed by atoms with Gasteiger partial charge in [0.05, 0.1) is 20.1 Å². The average molecular weight is 383 g/mol. The monoisotopic (exact) mass is 383 g/mol. The van der Waals surface area contributed by atoms with Gasteiger partial charge in [-0.3, -0.25) is 4.79 Å². The molecule has 0 aliphatic rings. The Bertz CT molecular complexity index is 819. The van der Waals surface area contributed by atoms with Crippen molar-refractivity contribution in [2.75, 3.05) is 20.8 Å². The third-order valence-electron chi connectivity index (χ3n) is 4.89. The number of hydrogen-bond donors (Lipinski definition) is 0. The predicted octanol–water partition coefficient (Wildman–Crippen LogP) is 3.93. The van der Waals surface area contributed by atoms with Crippen molar-refractivity contribution in [3.05, 3.63) is 64.2 Å². The summed E-state index contributed by atoms with van der Waals surface area (Å²) in [7, 11) is 3.23. The Balaban J connectivity index is 2.31. The lowest BCUT2D eigenvalue weighted by Gasteiger charge is -2.27. The van der Waals surface area contributed by atoms with Crippen molar-refractivity contribution in [3.8, 4) is 5.75 Å². The van der Waals surface area contributed by atoms with Gasteiger partial charge in [-0.1, -0.05) is 29.8 Å². The molecule has 5 nitrogen and oxygen atoms in total. The molecule has 2 aromatic rings. The zero-order valence-corrected chi connectivity index (χ0v) is 17.5. The first-order valence-corrected chi connectivity index (χ1v) is 9.41. The molecule has 1 unspecified atom stereocenters. The van der Waals surface area contributed by atoms with Crippen LogP contribution in [0.25, 0.3) is 0 Å². The van der Waals surface area contributed by atoms with Crippen molar-refractivity contribution in [1.82, 2.24) is 4.90 Å². The number of methoxy groups -OCH3 is 1. The van der Waals surface area contributed by atoms with Crippen LogP contribution in [0.2, 0.25) is 0 Å². The van der Waals surface area contributed by atoms with Crippen molar-refractivity contribution in [3.63, 3.8) is 0 Å². The molecule has 0 bridgehead atoms. The maximum Gasteiger partial charge on any atom is 0.333 e. The minimum atomic E-state index is -0.801. The van der Waals surface area contributed by atoms with E-state index >= 15 is 0 Å². The van der Waals surface area contributed by atoms with Crippen molar-refractivity contribution in [2.45, 2.75) is 40.2 Å². The number of likely N-dealkylation sites (N-methyl/N-ethyl adjacent to an activating group) is 1. The van der Waals surface area contributed by atoms with Crippen LogP contribution < -0.4 is 4.74 Å². The van der Waals surface area contributed by atoms with Crippen molar-refractivity contribution in [2.24, 2.45) is 0 Å². The molecule has 0 radical (unpaired) electrons. The fourth-order valence-electron chi connectivity index (χ4n) is 3.43. The van der Waals surface area contributed by atoms with E-state index in [-0.39, 0.29) is 18.9 Å². The Morgan fingerprint density at radius 2 is 1.61 bits per heavy atom. The maximum absolute atomic E-state index is 13.0. The third kappa shape index (κ3) is 4.91. The number of ether oxygens (including phenoxy) is 2. The van der Waals surface area contributed by atoms with E-state index in [2.05, 4.69) is 12.1 Å². The summed E-state index contributed by atoms with van der Waals surface area (Å²) >= 11 is 0. The number of rotatable bonds is 7. The second-order valence-corrected chi connectivity index (χ2v) is 6.99. The standard InChI is InChI=1S/C23H29NO4/c1-7-28-23(26)22(18-8-10-19(27-6)11-9-18)24(5)21(25)14-20-16(3)12-15(2)13-17(20)4/h8-13,22H,7,14H2,1-6H3. The fourth-order valence-corrected chi connectivity index (χ4v) is 3.43. The number of carbonyl (C=O) groups excluding carboxylic acids is 2. The van der Waals surface area contributed by atoms with E-state index in [1.54, 1.807) is 45.3 Å². The van der Waals surface area contributed by atoms with Gasteiger partial charge in [-0.15, -0.1) is 0 Å². The zero-order chi connectivity index (χ0) is 20.8. The highest BCUT2D eigenvalue weighted by Crippen LogP contribution is 2.25. The van der Waals surface area contributed by atoms with Crippen molar-refractivity contribution in [1.29, 1.82) is 0 Å². The molecule has 0 aliphatic carbocycles. The molecule has 2 aromatic carbocycles. The summed E-state index contributed by atoms with van der Waals surface area (Å²) < 4.78 is 10.4. The first-order chi connectivity index (χ1) is 13.3. The summed E-state index contributed by atoms with van der Waals surface area (Å²) in [5, 5.41) is 0. The highest BCUT2D eigenvalue weighted by molar-refractivity contribution is 5.87. The van der Waals surface area contributed by atoms with Gasteiger partial charge >= 0.3 is 5.97 Å². The van der Waals surface area contributed by atoms with Crippen LogP contribution in [0.15, 0.2) is 36.4 Å². The Morgan fingerprint density at radius 1 is 1.04 bits per heavy atom. The molecule has 0 heterocycles. The van der Waals surface area contributed by atoms with Crippen LogP contribution in [0.5, 0.6) is 5.75 Å². The average Bonchev–Trinajstić information content (AvgIpc) is 2.65. The molecule has 0 aromatic heterocycles. The van der Waals surface area contributed by atoms with Gasteiger partial charge in [0.25, 0.3) is 0 Å². The fraction of sp³-hybridized carbons (Fsp3) is 0.391. The molecule has 0 N–H and O–H groups in total. The SMILES string of the molecule is CCOC(=O)C(c1ccc(OC)cc1)N(C)C(=O)Cc1c(C)cc(C)cc1C. The van der Waals surface area contributed by atoms with Gasteiger partial charge < -0.3 is 14.4 Å². The largest absolute Gasteiger partial charge is 0.497 e. The minimum absolute atomic E-state index is 0.135. The molecule has 150 valence electrons. The smallest absolute Gasteiger partial charge is 0.333 e. The number of carbonyl (C=O) groups is 2. The van der Waals surface area contributed by atoms with Crippen LogP contribution in [-0.2, 0) is 20.7 Å². The third-order valence-corrected chi connectivity index (χ3v) is 4.89. The van der Waals surface area contributed by atoms with Crippen LogP contribution in [-0.4, -0.2) is 37.5 Å². The second kappa shape index (κ2) is 9.40. The van der Waals surface area contributed by atoms with Crippen LogP contribution in [0.1, 0.15) is 40.8 Å². The lowest BCUT2D eigenvalue weighted by atomic mass is 9.96. The van der Waals surface area contributed by atoms with E-state index in [4.69, 9.17) is 9.47 Å². The van der Waals surface area contributed by atoms with Crippen LogP contribution in [0.3, 0.4) is 0 Å². The van der Waals surface area contributed by atoms with Gasteiger partial charge in [0, 0.05) is 7.05 Å². The van der Waals surface area contributed by atoms with Gasteiger partial charge in [-0.05, 0) is 62.1 Å². The lowest BCUT2D eigenvalue weighted by molar-refractivity contribution is -0.154. The number of nitrogens with zero attached hydrogens (tertiary/aromatic N) is 1. The van der Waals surface area contributed by atoms with Crippen molar-refractivity contribution >= 4 is 11.9 Å². The molecule has 0 fully saturated rings. The number of amides is 1. The summed E-state index contributed by atoms with van der Waals surface area (Å²) in [5.41, 5.74) is 5.02. The van der Waals surface area contributed by atoms with Gasteiger partial charge in [-0.25, -0.2) is 4.79 Å². The Hall–Kier alpha value is -2.82. The number of hydrogen-bond acceptors (Lipinski definition) is 4. The topological polar surface area (TPSA) is 55.8 Å². The summed E-state index contributed by atoms with van der Waals surface area (Å²) in [6, 6.07) is 10.5. The van der Waals surface area contributed by atoms with E-state index in [0.29, 0.717) is 11.3 Å². The van der Waals surface area contributed by atoms with Crippen LogP contribution >= 0.6 is 0 Å². The van der Waals surface area contributed by atoms with Crippen LogP contribution in [0.4, 0.5) is 0 Å². The van der Waals surface area contributed by atoms with Gasteiger partial charge in [0.1, 0.15) is 5.75 Å². The molecule has 0 saturated carbocycles. The second-order valence-electron chi connectivity index (χ2n) is 6.99. The molecule has 0 saturated heterocycles. The van der Waals surface area contributed by atoms with E-state index in [9.17, 15) is 9.59 Å². The summed E-state index contributed by atoms with van der Waals surface area (Å²) in [6.45, 7) is 8.07. The summed E-state index contributed by atoms with van der Waals surface area (Å²) in [5.74, 6) is 0.107. The zero-order valence-electron chi connectivity index (χ0n) is 17.5. The molecule has 0 aliphatic heterocycles. The number of esters is 1. The van der Waals surface area contributed by atoms with Gasteiger partial charge in [-0.2, -0.15) is 0 Å². The van der Waals surface area contributed by atoms with E-state index < -0.39 is 12.0 Å².